The quantitative estimate of drug-likeness (QED) is 0.555. The average Bonchev–Trinajstić information content (AvgIpc) is 3.00. The van der Waals surface area contributed by atoms with Crippen LogP contribution in [0.4, 0.5) is 0 Å². The van der Waals surface area contributed by atoms with E-state index in [0.29, 0.717) is 0 Å². The van der Waals surface area contributed by atoms with Gasteiger partial charge in [0.1, 0.15) is 6.54 Å². The van der Waals surface area contributed by atoms with Crippen LogP contribution in [0.15, 0.2) is 20.9 Å². The number of rotatable bonds is 6. The Hall–Kier alpha value is -1.12. The van der Waals surface area contributed by atoms with Crippen LogP contribution in [-0.4, -0.2) is 79.9 Å². The number of thiophene rings is 1. The number of halogens is 1. The lowest BCUT2D eigenvalue weighted by Crippen LogP contribution is -2.52. The number of aliphatic imine (C=N–C) groups is 1. The molecule has 8 heteroatoms. The molecule has 1 aromatic rings. The van der Waals surface area contributed by atoms with Crippen molar-refractivity contribution in [1.82, 2.24) is 20.0 Å². The Kier molecular flexibility index (Phi) is 8.18. The van der Waals surface area contributed by atoms with E-state index in [1.807, 2.05) is 0 Å². The summed E-state index contributed by atoms with van der Waals surface area (Å²) in [4.78, 5) is 24.1. The van der Waals surface area contributed by atoms with Crippen LogP contribution in [0.25, 0.3) is 0 Å². The maximum Gasteiger partial charge on any atom is 0.243 e. The lowest BCUT2D eigenvalue weighted by atomic mass is 10.3. The van der Waals surface area contributed by atoms with Crippen LogP contribution < -0.4 is 5.32 Å². The molecule has 140 valence electrons. The zero-order valence-electron chi connectivity index (χ0n) is 15.3. The predicted octanol–water partition coefficient (Wildman–Crippen LogP) is 2.07. The van der Waals surface area contributed by atoms with Crippen molar-refractivity contribution in [1.29, 1.82) is 0 Å². The van der Waals surface area contributed by atoms with Crippen molar-refractivity contribution in [3.05, 3.63) is 20.8 Å². The first-order valence-electron chi connectivity index (χ1n) is 8.69. The minimum absolute atomic E-state index is 0.0257. The summed E-state index contributed by atoms with van der Waals surface area (Å²) < 4.78 is 1.19. The molecule has 1 amide bonds. The van der Waals surface area contributed by atoms with Gasteiger partial charge in [-0.05, 0) is 34.5 Å². The van der Waals surface area contributed by atoms with Gasteiger partial charge in [0.15, 0.2) is 5.96 Å². The van der Waals surface area contributed by atoms with Gasteiger partial charge in [0.25, 0.3) is 0 Å². The Morgan fingerprint density at radius 3 is 2.60 bits per heavy atom. The number of nitrogens with one attached hydrogen (secondary N) is 1. The molecule has 2 heterocycles. The lowest BCUT2D eigenvalue weighted by Gasteiger charge is -2.36. The summed E-state index contributed by atoms with van der Waals surface area (Å²) in [6.07, 6.45) is 1.04. The SMILES string of the molecule is CCCNC(=NCC(=O)N(C)C)N1CCN(Cc2ccc(Br)s2)CC1. The number of hydrogen-bond donors (Lipinski definition) is 1. The van der Waals surface area contributed by atoms with Gasteiger partial charge in [-0.25, -0.2) is 4.99 Å². The summed E-state index contributed by atoms with van der Waals surface area (Å²) in [6, 6.07) is 4.29. The molecular formula is C17H28BrN5OS. The number of nitrogens with zero attached hydrogens (tertiary/aromatic N) is 4. The van der Waals surface area contributed by atoms with E-state index in [1.165, 1.54) is 8.66 Å². The number of amides is 1. The van der Waals surface area contributed by atoms with Gasteiger partial charge in [0, 0.05) is 58.2 Å². The van der Waals surface area contributed by atoms with Gasteiger partial charge in [0.2, 0.25) is 5.91 Å². The fourth-order valence-electron chi connectivity index (χ4n) is 2.56. The van der Waals surface area contributed by atoms with Gasteiger partial charge in [-0.2, -0.15) is 0 Å². The topological polar surface area (TPSA) is 51.2 Å². The summed E-state index contributed by atoms with van der Waals surface area (Å²) >= 11 is 5.32. The molecule has 0 spiro atoms. The maximum atomic E-state index is 11.8. The second-order valence-corrected chi connectivity index (χ2v) is 8.87. The van der Waals surface area contributed by atoms with Crippen molar-refractivity contribution in [2.24, 2.45) is 4.99 Å². The first-order chi connectivity index (χ1) is 12.0. The average molecular weight is 430 g/mol. The number of carbonyl (C=O) groups excluding carboxylic acids is 1. The Labute approximate surface area is 163 Å². The minimum Gasteiger partial charge on any atom is -0.356 e. The molecular weight excluding hydrogens is 402 g/mol. The van der Waals surface area contributed by atoms with E-state index in [4.69, 9.17) is 0 Å². The summed E-state index contributed by atoms with van der Waals surface area (Å²) in [6.45, 7) is 8.07. The van der Waals surface area contributed by atoms with Crippen LogP contribution in [0.2, 0.25) is 0 Å². The Balaban J connectivity index is 1.89. The molecule has 25 heavy (non-hydrogen) atoms. The van der Waals surface area contributed by atoms with Crippen LogP contribution in [0.5, 0.6) is 0 Å². The van der Waals surface area contributed by atoms with Crippen molar-refractivity contribution in [2.45, 2.75) is 19.9 Å². The molecule has 1 aliphatic rings. The van der Waals surface area contributed by atoms with Gasteiger partial charge in [-0.15, -0.1) is 11.3 Å². The van der Waals surface area contributed by atoms with Crippen molar-refractivity contribution in [3.63, 3.8) is 0 Å². The molecule has 0 aliphatic carbocycles. The smallest absolute Gasteiger partial charge is 0.243 e. The summed E-state index contributed by atoms with van der Waals surface area (Å²) in [5, 5.41) is 3.38. The standard InChI is InChI=1S/C17H28BrN5OS/c1-4-7-19-17(20-12-16(24)21(2)3)23-10-8-22(9-11-23)13-14-5-6-15(18)25-14/h5-6H,4,7-13H2,1-3H3,(H,19,20). The molecule has 1 aliphatic heterocycles. The van der Waals surface area contributed by atoms with E-state index in [9.17, 15) is 4.79 Å². The molecule has 0 unspecified atom stereocenters. The molecule has 0 atom stereocenters. The zero-order chi connectivity index (χ0) is 18.2. The molecule has 2 rings (SSSR count). The largest absolute Gasteiger partial charge is 0.356 e. The molecule has 1 aromatic heterocycles. The van der Waals surface area contributed by atoms with Gasteiger partial charge in [0.05, 0.1) is 3.79 Å². The third-order valence-corrected chi connectivity index (χ3v) is 5.68. The number of piperazine rings is 1. The first kappa shape index (κ1) is 20.2. The molecule has 0 radical (unpaired) electrons. The van der Waals surface area contributed by atoms with Crippen LogP contribution in [0.1, 0.15) is 18.2 Å². The van der Waals surface area contributed by atoms with Gasteiger partial charge < -0.3 is 15.1 Å². The maximum absolute atomic E-state index is 11.8. The van der Waals surface area contributed by atoms with E-state index >= 15 is 0 Å². The molecule has 1 saturated heterocycles. The third-order valence-electron chi connectivity index (χ3n) is 4.08. The molecule has 0 bridgehead atoms. The highest BCUT2D eigenvalue weighted by atomic mass is 79.9. The second-order valence-electron chi connectivity index (χ2n) is 6.32. The van der Waals surface area contributed by atoms with Crippen LogP contribution in [0.3, 0.4) is 0 Å². The van der Waals surface area contributed by atoms with E-state index in [2.05, 4.69) is 55.1 Å². The highest BCUT2D eigenvalue weighted by molar-refractivity contribution is 9.11. The van der Waals surface area contributed by atoms with E-state index in [0.717, 1.165) is 51.6 Å². The molecule has 0 saturated carbocycles. The molecule has 1 N–H and O–H groups in total. The molecule has 1 fully saturated rings. The number of likely N-dealkylation sites (N-methyl/N-ethyl adjacent to an activating group) is 1. The predicted molar refractivity (Wildman–Crippen MR) is 108 cm³/mol. The second kappa shape index (κ2) is 10.1. The van der Waals surface area contributed by atoms with E-state index < -0.39 is 0 Å². The Morgan fingerprint density at radius 1 is 1.32 bits per heavy atom. The van der Waals surface area contributed by atoms with Crippen molar-refractivity contribution in [2.75, 3.05) is 53.4 Å². The fraction of sp³-hybridized carbons (Fsp3) is 0.647. The normalized spacial score (nSPS) is 16.2. The van der Waals surface area contributed by atoms with Gasteiger partial charge in [-0.3, -0.25) is 9.69 Å². The minimum atomic E-state index is 0.0257. The number of guanidine groups is 1. The zero-order valence-corrected chi connectivity index (χ0v) is 17.7. The number of hydrogen-bond acceptors (Lipinski definition) is 4. The van der Waals surface area contributed by atoms with E-state index in [1.54, 1.807) is 30.3 Å². The highest BCUT2D eigenvalue weighted by Crippen LogP contribution is 2.23. The van der Waals surface area contributed by atoms with Gasteiger partial charge >= 0.3 is 0 Å². The van der Waals surface area contributed by atoms with Gasteiger partial charge in [-0.1, -0.05) is 6.92 Å². The summed E-state index contributed by atoms with van der Waals surface area (Å²) in [5.41, 5.74) is 0. The fourth-order valence-corrected chi connectivity index (χ4v) is 4.09. The summed E-state index contributed by atoms with van der Waals surface area (Å²) in [5.74, 6) is 0.883. The van der Waals surface area contributed by atoms with Crippen molar-refractivity contribution in [3.8, 4) is 0 Å². The Bertz CT molecular complexity index is 581. The molecule has 6 nitrogen and oxygen atoms in total. The lowest BCUT2D eigenvalue weighted by molar-refractivity contribution is -0.127. The molecule has 0 aromatic carbocycles. The van der Waals surface area contributed by atoms with Crippen LogP contribution in [0, 0.1) is 0 Å². The number of carbonyl (C=O) groups is 1. The van der Waals surface area contributed by atoms with Crippen molar-refractivity contribution >= 4 is 39.1 Å². The summed E-state index contributed by atoms with van der Waals surface area (Å²) in [7, 11) is 3.53. The van der Waals surface area contributed by atoms with Crippen LogP contribution in [-0.2, 0) is 11.3 Å². The monoisotopic (exact) mass is 429 g/mol. The highest BCUT2D eigenvalue weighted by Gasteiger charge is 2.20. The van der Waals surface area contributed by atoms with Crippen LogP contribution >= 0.6 is 27.3 Å². The third kappa shape index (κ3) is 6.60. The Morgan fingerprint density at radius 2 is 2.04 bits per heavy atom. The van der Waals surface area contributed by atoms with Crippen molar-refractivity contribution < 1.29 is 4.79 Å². The van der Waals surface area contributed by atoms with E-state index in [-0.39, 0.29) is 12.5 Å². The first-order valence-corrected chi connectivity index (χ1v) is 10.3.